The van der Waals surface area contributed by atoms with E-state index in [2.05, 4.69) is 4.74 Å². The summed E-state index contributed by atoms with van der Waals surface area (Å²) in [5.74, 6) is -2.98. The predicted octanol–water partition coefficient (Wildman–Crippen LogP) is 1.69. The molecule has 0 unspecified atom stereocenters. The van der Waals surface area contributed by atoms with E-state index in [4.69, 9.17) is 21.4 Å². The molecule has 0 aliphatic rings. The number of carboxylic acid groups (broad SMARTS) is 1. The van der Waals surface area contributed by atoms with Gasteiger partial charge in [-0.1, -0.05) is 11.6 Å². The number of carboxylic acids is 1. The fourth-order valence-corrected chi connectivity index (χ4v) is 1.41. The summed E-state index contributed by atoms with van der Waals surface area (Å²) >= 11 is 5.72. The van der Waals surface area contributed by atoms with Crippen LogP contribution >= 0.6 is 11.6 Å². The van der Waals surface area contributed by atoms with E-state index < -0.39 is 30.4 Å². The Morgan fingerprint density at radius 3 is 2.40 bits per heavy atom. The second-order valence-electron chi connectivity index (χ2n) is 3.98. The van der Waals surface area contributed by atoms with Crippen LogP contribution in [0.25, 0.3) is 0 Å². The Balaban J connectivity index is 2.36. The summed E-state index contributed by atoms with van der Waals surface area (Å²) in [6.45, 7) is 0.872. The van der Waals surface area contributed by atoms with Crippen molar-refractivity contribution in [2.45, 2.75) is 19.4 Å². The Hall–Kier alpha value is -2.08. The molecule has 7 heteroatoms. The maximum Gasteiger partial charge on any atom is 0.375 e. The van der Waals surface area contributed by atoms with Gasteiger partial charge in [0, 0.05) is 5.02 Å². The number of ketones is 1. The summed E-state index contributed by atoms with van der Waals surface area (Å²) in [6.07, 6.45) is -0.584. The highest BCUT2D eigenvalue weighted by Crippen LogP contribution is 2.17. The molecule has 20 heavy (non-hydrogen) atoms. The first-order valence-electron chi connectivity index (χ1n) is 5.72. The van der Waals surface area contributed by atoms with Crippen LogP contribution in [0.1, 0.15) is 13.3 Å². The Kier molecular flexibility index (Phi) is 5.99. The van der Waals surface area contributed by atoms with Crippen molar-refractivity contribution in [3.05, 3.63) is 29.3 Å². The normalized spacial score (nSPS) is 11.5. The first-order chi connectivity index (χ1) is 9.38. The number of halogens is 1. The zero-order valence-corrected chi connectivity index (χ0v) is 11.4. The Bertz CT molecular complexity index is 496. The highest BCUT2D eigenvalue weighted by Gasteiger charge is 2.16. The lowest BCUT2D eigenvalue weighted by atomic mass is 10.3. The Morgan fingerprint density at radius 1 is 1.25 bits per heavy atom. The van der Waals surface area contributed by atoms with Crippen molar-refractivity contribution in [2.75, 3.05) is 6.61 Å². The number of rotatable bonds is 7. The lowest BCUT2D eigenvalue weighted by Gasteiger charge is -2.13. The van der Waals surface area contributed by atoms with E-state index in [9.17, 15) is 14.4 Å². The third-order valence-electron chi connectivity index (χ3n) is 2.21. The van der Waals surface area contributed by atoms with Gasteiger partial charge in [-0.3, -0.25) is 9.59 Å². The summed E-state index contributed by atoms with van der Waals surface area (Å²) in [4.78, 5) is 32.3. The van der Waals surface area contributed by atoms with Crippen LogP contribution in [0.4, 0.5) is 0 Å². The molecule has 0 saturated heterocycles. The molecule has 1 N–H and O–H groups in total. The molecular formula is C13H13ClO6. The monoisotopic (exact) mass is 300 g/mol. The summed E-state index contributed by atoms with van der Waals surface area (Å²) < 4.78 is 9.96. The summed E-state index contributed by atoms with van der Waals surface area (Å²) in [6, 6.07) is 6.59. The van der Waals surface area contributed by atoms with Crippen LogP contribution < -0.4 is 4.74 Å². The molecule has 0 heterocycles. The summed E-state index contributed by atoms with van der Waals surface area (Å²) in [5, 5.41) is 8.88. The van der Waals surface area contributed by atoms with Gasteiger partial charge in [0.2, 0.25) is 0 Å². The van der Waals surface area contributed by atoms with Gasteiger partial charge in [0.15, 0.2) is 6.61 Å². The third kappa shape index (κ3) is 5.71. The van der Waals surface area contributed by atoms with Crippen LogP contribution in [0.5, 0.6) is 5.75 Å². The van der Waals surface area contributed by atoms with E-state index in [1.165, 1.54) is 0 Å². The van der Waals surface area contributed by atoms with Gasteiger partial charge in [-0.15, -0.1) is 0 Å². The third-order valence-corrected chi connectivity index (χ3v) is 2.46. The minimum Gasteiger partial charge on any atom is -0.490 e. The first kappa shape index (κ1) is 16.0. The number of benzene rings is 1. The number of Topliss-reactive ketones (excluding diaryl/α,β-unsaturated/α-hetero) is 1. The predicted molar refractivity (Wildman–Crippen MR) is 69.8 cm³/mol. The topological polar surface area (TPSA) is 89.9 Å². The van der Waals surface area contributed by atoms with Crippen molar-refractivity contribution in [1.29, 1.82) is 0 Å². The number of carbonyl (C=O) groups is 3. The standard InChI is InChI=1S/C13H13ClO6/c1-8(20-10-4-2-9(14)3-5-10)6-12(16)19-7-11(15)13(17)18/h2-5,8H,6-7H2,1H3,(H,17,18)/t8-/m0/s1. The van der Waals surface area contributed by atoms with Crippen molar-refractivity contribution in [3.63, 3.8) is 0 Å². The number of aliphatic carboxylic acids is 1. The molecule has 1 rings (SSSR count). The average molecular weight is 301 g/mol. The lowest BCUT2D eigenvalue weighted by molar-refractivity contribution is -0.156. The van der Waals surface area contributed by atoms with E-state index in [1.54, 1.807) is 31.2 Å². The highest BCUT2D eigenvalue weighted by molar-refractivity contribution is 6.33. The van der Waals surface area contributed by atoms with Crippen molar-refractivity contribution in [1.82, 2.24) is 0 Å². The van der Waals surface area contributed by atoms with Gasteiger partial charge < -0.3 is 14.6 Å². The van der Waals surface area contributed by atoms with Crippen LogP contribution in [0.2, 0.25) is 5.02 Å². The molecule has 1 aromatic carbocycles. The molecule has 0 saturated carbocycles. The minimum absolute atomic E-state index is 0.102. The van der Waals surface area contributed by atoms with Crippen molar-refractivity contribution in [2.24, 2.45) is 0 Å². The van der Waals surface area contributed by atoms with Crippen LogP contribution in [0.3, 0.4) is 0 Å². The van der Waals surface area contributed by atoms with Gasteiger partial charge in [-0.05, 0) is 31.2 Å². The van der Waals surface area contributed by atoms with Gasteiger partial charge in [0.05, 0.1) is 6.42 Å². The van der Waals surface area contributed by atoms with E-state index in [0.29, 0.717) is 10.8 Å². The van der Waals surface area contributed by atoms with Crippen LogP contribution in [0.15, 0.2) is 24.3 Å². The molecule has 0 aliphatic heterocycles. The van der Waals surface area contributed by atoms with Crippen LogP contribution in [-0.4, -0.2) is 35.5 Å². The second-order valence-corrected chi connectivity index (χ2v) is 4.41. The van der Waals surface area contributed by atoms with E-state index >= 15 is 0 Å². The number of ether oxygens (including phenoxy) is 2. The number of hydrogen-bond acceptors (Lipinski definition) is 5. The zero-order chi connectivity index (χ0) is 15.1. The largest absolute Gasteiger partial charge is 0.490 e. The minimum atomic E-state index is -1.64. The molecule has 108 valence electrons. The first-order valence-corrected chi connectivity index (χ1v) is 6.10. The molecule has 0 amide bonds. The zero-order valence-electron chi connectivity index (χ0n) is 10.7. The van der Waals surface area contributed by atoms with E-state index in [0.717, 1.165) is 0 Å². The van der Waals surface area contributed by atoms with Crippen molar-refractivity contribution >= 4 is 29.3 Å². The molecule has 6 nitrogen and oxygen atoms in total. The maximum atomic E-state index is 11.4. The average Bonchev–Trinajstić information content (AvgIpc) is 2.38. The quantitative estimate of drug-likeness (QED) is 0.609. The van der Waals surface area contributed by atoms with E-state index in [-0.39, 0.29) is 6.42 Å². The molecule has 0 aromatic heterocycles. The van der Waals surface area contributed by atoms with Gasteiger partial charge in [-0.2, -0.15) is 0 Å². The summed E-state index contributed by atoms with van der Waals surface area (Å²) in [7, 11) is 0. The van der Waals surface area contributed by atoms with Gasteiger partial charge in [0.1, 0.15) is 11.9 Å². The van der Waals surface area contributed by atoms with Crippen molar-refractivity contribution in [3.8, 4) is 5.75 Å². The summed E-state index contributed by atoms with van der Waals surface area (Å²) in [5.41, 5.74) is 0. The maximum absolute atomic E-state index is 11.4. The SMILES string of the molecule is C[C@@H](CC(=O)OCC(=O)C(=O)O)Oc1ccc(Cl)cc1. The fourth-order valence-electron chi connectivity index (χ4n) is 1.29. The Labute approximate surface area is 120 Å². The van der Waals surface area contributed by atoms with Gasteiger partial charge >= 0.3 is 11.9 Å². The van der Waals surface area contributed by atoms with Crippen LogP contribution in [-0.2, 0) is 19.1 Å². The highest BCUT2D eigenvalue weighted by atomic mass is 35.5. The Morgan fingerprint density at radius 2 is 1.85 bits per heavy atom. The molecule has 1 aromatic rings. The van der Waals surface area contributed by atoms with Crippen LogP contribution in [0, 0.1) is 0 Å². The lowest BCUT2D eigenvalue weighted by Crippen LogP contribution is -2.24. The molecule has 1 atom stereocenters. The van der Waals surface area contributed by atoms with Gasteiger partial charge in [0.25, 0.3) is 5.78 Å². The van der Waals surface area contributed by atoms with Gasteiger partial charge in [-0.25, -0.2) is 4.79 Å². The molecule has 0 fully saturated rings. The molecule has 0 radical (unpaired) electrons. The second kappa shape index (κ2) is 7.49. The number of carbonyl (C=O) groups excluding carboxylic acids is 2. The molecule has 0 aliphatic carbocycles. The van der Waals surface area contributed by atoms with E-state index in [1.807, 2.05) is 0 Å². The molecular weight excluding hydrogens is 288 g/mol. The molecule has 0 bridgehead atoms. The molecule has 0 spiro atoms. The number of esters is 1. The fraction of sp³-hybridized carbons (Fsp3) is 0.308. The van der Waals surface area contributed by atoms with Crippen molar-refractivity contribution < 1.29 is 29.0 Å². The number of hydrogen-bond donors (Lipinski definition) is 1. The smallest absolute Gasteiger partial charge is 0.375 e.